The molecular formula is C21H25N3O3. The Labute approximate surface area is 159 Å². The van der Waals surface area contributed by atoms with E-state index in [1.165, 1.54) is 0 Å². The molecule has 6 heteroatoms. The van der Waals surface area contributed by atoms with Crippen molar-refractivity contribution in [1.82, 2.24) is 0 Å². The number of hydrogen-bond donors (Lipinski definition) is 2. The summed E-state index contributed by atoms with van der Waals surface area (Å²) < 4.78 is 5.37. The summed E-state index contributed by atoms with van der Waals surface area (Å²) in [4.78, 5) is 26.4. The standard InChI is InChI=1S/C21H25N3O3/c1-15(2)20(25)22-17-5-3-16(4-6-17)21(26)23-18-7-9-19(10-8-18)24-11-13-27-14-12-24/h3-10,15H,11-14H2,1-2H3,(H,22,25)(H,23,26). The minimum absolute atomic E-state index is 0.0486. The zero-order chi connectivity index (χ0) is 19.2. The van der Waals surface area contributed by atoms with Crippen molar-refractivity contribution in [2.75, 3.05) is 41.8 Å². The number of nitrogens with one attached hydrogen (secondary N) is 2. The van der Waals surface area contributed by atoms with Crippen molar-refractivity contribution in [3.8, 4) is 0 Å². The Morgan fingerprint density at radius 2 is 1.44 bits per heavy atom. The molecule has 0 bridgehead atoms. The van der Waals surface area contributed by atoms with Gasteiger partial charge in [0.25, 0.3) is 5.91 Å². The van der Waals surface area contributed by atoms with Crippen molar-refractivity contribution in [2.24, 2.45) is 5.92 Å². The van der Waals surface area contributed by atoms with Crippen LogP contribution in [0.25, 0.3) is 0 Å². The lowest BCUT2D eigenvalue weighted by Gasteiger charge is -2.28. The van der Waals surface area contributed by atoms with Crippen molar-refractivity contribution in [3.05, 3.63) is 54.1 Å². The van der Waals surface area contributed by atoms with E-state index in [-0.39, 0.29) is 17.7 Å². The van der Waals surface area contributed by atoms with Crippen LogP contribution in [0.15, 0.2) is 48.5 Å². The third kappa shape index (κ3) is 5.08. The zero-order valence-electron chi connectivity index (χ0n) is 15.7. The minimum atomic E-state index is -0.184. The third-order valence-electron chi connectivity index (χ3n) is 4.44. The molecule has 2 amide bonds. The second-order valence-corrected chi connectivity index (χ2v) is 6.82. The molecule has 0 spiro atoms. The Bertz CT molecular complexity index is 779. The maximum Gasteiger partial charge on any atom is 0.255 e. The van der Waals surface area contributed by atoms with Gasteiger partial charge in [-0.1, -0.05) is 13.8 Å². The molecule has 0 aromatic heterocycles. The van der Waals surface area contributed by atoms with Gasteiger partial charge in [-0.3, -0.25) is 9.59 Å². The lowest BCUT2D eigenvalue weighted by Crippen LogP contribution is -2.36. The van der Waals surface area contributed by atoms with Crippen LogP contribution in [-0.4, -0.2) is 38.1 Å². The highest BCUT2D eigenvalue weighted by molar-refractivity contribution is 6.04. The fourth-order valence-corrected chi connectivity index (χ4v) is 2.77. The lowest BCUT2D eigenvalue weighted by molar-refractivity contribution is -0.118. The highest BCUT2D eigenvalue weighted by Crippen LogP contribution is 2.20. The van der Waals surface area contributed by atoms with E-state index in [0.29, 0.717) is 11.3 Å². The summed E-state index contributed by atoms with van der Waals surface area (Å²) in [6.07, 6.45) is 0. The van der Waals surface area contributed by atoms with E-state index < -0.39 is 0 Å². The lowest BCUT2D eigenvalue weighted by atomic mass is 10.1. The van der Waals surface area contributed by atoms with Gasteiger partial charge in [0, 0.05) is 41.6 Å². The van der Waals surface area contributed by atoms with Gasteiger partial charge < -0.3 is 20.3 Å². The van der Waals surface area contributed by atoms with E-state index in [9.17, 15) is 9.59 Å². The first-order valence-electron chi connectivity index (χ1n) is 9.18. The van der Waals surface area contributed by atoms with Crippen molar-refractivity contribution >= 4 is 28.9 Å². The van der Waals surface area contributed by atoms with Gasteiger partial charge in [-0.2, -0.15) is 0 Å². The van der Waals surface area contributed by atoms with Crippen LogP contribution in [0.4, 0.5) is 17.1 Å². The Morgan fingerprint density at radius 1 is 0.889 bits per heavy atom. The Morgan fingerprint density at radius 3 is 2.04 bits per heavy atom. The molecule has 3 rings (SSSR count). The topological polar surface area (TPSA) is 70.7 Å². The normalized spacial score (nSPS) is 14.1. The number of rotatable bonds is 5. The molecule has 1 fully saturated rings. The fraction of sp³-hybridized carbons (Fsp3) is 0.333. The number of benzene rings is 2. The van der Waals surface area contributed by atoms with Crippen LogP contribution in [0.3, 0.4) is 0 Å². The number of carbonyl (C=O) groups is 2. The number of carbonyl (C=O) groups excluding carboxylic acids is 2. The van der Waals surface area contributed by atoms with Gasteiger partial charge in [-0.25, -0.2) is 0 Å². The number of hydrogen-bond acceptors (Lipinski definition) is 4. The van der Waals surface area contributed by atoms with E-state index in [4.69, 9.17) is 4.74 Å². The van der Waals surface area contributed by atoms with Gasteiger partial charge in [-0.15, -0.1) is 0 Å². The van der Waals surface area contributed by atoms with Gasteiger partial charge in [0.05, 0.1) is 13.2 Å². The largest absolute Gasteiger partial charge is 0.378 e. The first-order chi connectivity index (χ1) is 13.0. The van der Waals surface area contributed by atoms with E-state index in [1.54, 1.807) is 24.3 Å². The summed E-state index contributed by atoms with van der Waals surface area (Å²) in [6.45, 7) is 6.91. The first-order valence-corrected chi connectivity index (χ1v) is 9.18. The van der Waals surface area contributed by atoms with Gasteiger partial charge in [0.1, 0.15) is 0 Å². The Balaban J connectivity index is 1.59. The van der Waals surface area contributed by atoms with Crippen molar-refractivity contribution in [1.29, 1.82) is 0 Å². The van der Waals surface area contributed by atoms with Crippen molar-refractivity contribution in [3.63, 3.8) is 0 Å². The average Bonchev–Trinajstić information content (AvgIpc) is 2.69. The van der Waals surface area contributed by atoms with E-state index in [0.717, 1.165) is 37.7 Å². The molecule has 0 unspecified atom stereocenters. The highest BCUT2D eigenvalue weighted by Gasteiger charge is 2.12. The predicted molar refractivity (Wildman–Crippen MR) is 107 cm³/mol. The summed E-state index contributed by atoms with van der Waals surface area (Å²) in [7, 11) is 0. The molecule has 142 valence electrons. The second-order valence-electron chi connectivity index (χ2n) is 6.82. The van der Waals surface area contributed by atoms with Gasteiger partial charge >= 0.3 is 0 Å². The summed E-state index contributed by atoms with van der Waals surface area (Å²) >= 11 is 0. The summed E-state index contributed by atoms with van der Waals surface area (Å²) in [6, 6.07) is 14.7. The molecule has 2 aromatic rings. The summed E-state index contributed by atoms with van der Waals surface area (Å²) in [5, 5.41) is 5.71. The average molecular weight is 367 g/mol. The molecule has 0 atom stereocenters. The maximum absolute atomic E-state index is 12.4. The van der Waals surface area contributed by atoms with Crippen molar-refractivity contribution < 1.29 is 14.3 Å². The summed E-state index contributed by atoms with van der Waals surface area (Å²) in [5.41, 5.74) is 3.09. The van der Waals surface area contributed by atoms with Crippen LogP contribution in [0.1, 0.15) is 24.2 Å². The van der Waals surface area contributed by atoms with Gasteiger partial charge in [0.15, 0.2) is 0 Å². The minimum Gasteiger partial charge on any atom is -0.378 e. The molecule has 6 nitrogen and oxygen atoms in total. The number of morpholine rings is 1. The molecule has 0 saturated carbocycles. The second kappa shape index (κ2) is 8.68. The molecule has 1 saturated heterocycles. The van der Waals surface area contributed by atoms with Crippen LogP contribution >= 0.6 is 0 Å². The Kier molecular flexibility index (Phi) is 6.08. The molecule has 2 aromatic carbocycles. The first kappa shape index (κ1) is 18.9. The van der Waals surface area contributed by atoms with Crippen LogP contribution in [0, 0.1) is 5.92 Å². The summed E-state index contributed by atoms with van der Waals surface area (Å²) in [5.74, 6) is -0.322. The molecule has 0 aliphatic carbocycles. The number of nitrogens with zero attached hydrogens (tertiary/aromatic N) is 1. The van der Waals surface area contributed by atoms with Crippen LogP contribution < -0.4 is 15.5 Å². The number of amides is 2. The van der Waals surface area contributed by atoms with Crippen LogP contribution in [-0.2, 0) is 9.53 Å². The maximum atomic E-state index is 12.4. The van der Waals surface area contributed by atoms with Gasteiger partial charge in [-0.05, 0) is 48.5 Å². The molecule has 0 radical (unpaired) electrons. The van der Waals surface area contributed by atoms with E-state index in [1.807, 2.05) is 38.1 Å². The Hall–Kier alpha value is -2.86. The SMILES string of the molecule is CC(C)C(=O)Nc1ccc(C(=O)Nc2ccc(N3CCOCC3)cc2)cc1. The van der Waals surface area contributed by atoms with E-state index in [2.05, 4.69) is 15.5 Å². The van der Waals surface area contributed by atoms with Crippen LogP contribution in [0.2, 0.25) is 0 Å². The smallest absolute Gasteiger partial charge is 0.255 e. The van der Waals surface area contributed by atoms with Gasteiger partial charge in [0.2, 0.25) is 5.91 Å². The number of ether oxygens (including phenoxy) is 1. The van der Waals surface area contributed by atoms with Crippen LogP contribution in [0.5, 0.6) is 0 Å². The molecule has 1 heterocycles. The third-order valence-corrected chi connectivity index (χ3v) is 4.44. The molecule has 1 aliphatic rings. The quantitative estimate of drug-likeness (QED) is 0.850. The van der Waals surface area contributed by atoms with E-state index >= 15 is 0 Å². The molecule has 1 aliphatic heterocycles. The van der Waals surface area contributed by atoms with Crippen molar-refractivity contribution in [2.45, 2.75) is 13.8 Å². The zero-order valence-corrected chi connectivity index (χ0v) is 15.7. The molecule has 2 N–H and O–H groups in total. The number of anilines is 3. The highest BCUT2D eigenvalue weighted by atomic mass is 16.5. The molecule has 27 heavy (non-hydrogen) atoms. The predicted octanol–water partition coefficient (Wildman–Crippen LogP) is 3.37. The monoisotopic (exact) mass is 367 g/mol. The fourth-order valence-electron chi connectivity index (χ4n) is 2.77. The molecular weight excluding hydrogens is 342 g/mol.